The molecule has 0 fully saturated rings. The van der Waals surface area contributed by atoms with E-state index in [9.17, 15) is 5.11 Å². The summed E-state index contributed by atoms with van der Waals surface area (Å²) in [7, 11) is 0. The van der Waals surface area contributed by atoms with Crippen molar-refractivity contribution in [2.45, 2.75) is 25.7 Å². The topological polar surface area (TPSA) is 56.7 Å². The summed E-state index contributed by atoms with van der Waals surface area (Å²) >= 11 is 1.88. The van der Waals surface area contributed by atoms with Crippen molar-refractivity contribution in [2.75, 3.05) is 38.2 Å². The number of thioether (sulfide) groups is 1. The molecule has 0 spiro atoms. The van der Waals surface area contributed by atoms with E-state index in [1.807, 2.05) is 42.1 Å². The lowest BCUT2D eigenvalue weighted by atomic mass is 10.0. The first-order chi connectivity index (χ1) is 10.8. The fourth-order valence-corrected chi connectivity index (χ4v) is 2.61. The second-order valence-electron chi connectivity index (χ2n) is 5.14. The standard InChI is InChI=1S/C17H29N3OS.HI/c1-3-18-17(19-11-7-8-12-22-2)20-13-16(14-21)15-9-5-4-6-10-15;/h4-6,9-10,16,21H,3,7-8,11-14H2,1-2H3,(H2,18,19,20);1H. The van der Waals surface area contributed by atoms with E-state index in [2.05, 4.69) is 28.8 Å². The molecule has 1 unspecified atom stereocenters. The molecule has 23 heavy (non-hydrogen) atoms. The van der Waals surface area contributed by atoms with E-state index >= 15 is 0 Å². The summed E-state index contributed by atoms with van der Waals surface area (Å²) in [5.41, 5.74) is 1.13. The van der Waals surface area contributed by atoms with Gasteiger partial charge in [-0.2, -0.15) is 11.8 Å². The molecule has 0 saturated carbocycles. The minimum atomic E-state index is 0. The quantitative estimate of drug-likeness (QED) is 0.222. The molecule has 0 amide bonds. The molecule has 3 N–H and O–H groups in total. The second kappa shape index (κ2) is 15.1. The van der Waals surface area contributed by atoms with Crippen LogP contribution in [0.3, 0.4) is 0 Å². The molecule has 1 atom stereocenters. The van der Waals surface area contributed by atoms with Crippen LogP contribution in [0.2, 0.25) is 0 Å². The Bertz CT molecular complexity index is 418. The van der Waals surface area contributed by atoms with Crippen molar-refractivity contribution in [1.29, 1.82) is 0 Å². The molecule has 0 aliphatic carbocycles. The molecule has 6 heteroatoms. The second-order valence-corrected chi connectivity index (χ2v) is 6.12. The number of guanidine groups is 1. The molecular formula is C17H30IN3OS. The van der Waals surface area contributed by atoms with Gasteiger partial charge in [0.15, 0.2) is 5.96 Å². The highest BCUT2D eigenvalue weighted by Gasteiger charge is 2.09. The highest BCUT2D eigenvalue weighted by atomic mass is 127. The summed E-state index contributed by atoms with van der Waals surface area (Å²) in [5.74, 6) is 2.09. The van der Waals surface area contributed by atoms with Crippen molar-refractivity contribution in [3.63, 3.8) is 0 Å². The molecular weight excluding hydrogens is 421 g/mol. The number of unbranched alkanes of at least 4 members (excludes halogenated alkanes) is 1. The zero-order valence-corrected chi connectivity index (χ0v) is 17.3. The molecule has 0 heterocycles. The minimum absolute atomic E-state index is 0. The van der Waals surface area contributed by atoms with Gasteiger partial charge in [0.1, 0.15) is 0 Å². The Labute approximate surface area is 162 Å². The Kier molecular flexibility index (Phi) is 14.8. The van der Waals surface area contributed by atoms with Gasteiger partial charge in [-0.3, -0.25) is 4.99 Å². The number of aliphatic hydroxyl groups is 1. The van der Waals surface area contributed by atoms with Crippen LogP contribution in [0.25, 0.3) is 0 Å². The Balaban J connectivity index is 0.00000484. The van der Waals surface area contributed by atoms with Gasteiger partial charge in [0.05, 0.1) is 13.2 Å². The largest absolute Gasteiger partial charge is 0.396 e. The summed E-state index contributed by atoms with van der Waals surface area (Å²) in [5, 5.41) is 16.2. The van der Waals surface area contributed by atoms with Gasteiger partial charge in [0.25, 0.3) is 0 Å². The SMILES string of the molecule is CCNC(=NCC(CO)c1ccccc1)NCCCCSC.I. The first-order valence-electron chi connectivity index (χ1n) is 7.98. The number of aliphatic hydroxyl groups excluding tert-OH is 1. The molecule has 0 bridgehead atoms. The number of nitrogens with zero attached hydrogens (tertiary/aromatic N) is 1. The highest BCUT2D eigenvalue weighted by molar-refractivity contribution is 14.0. The van der Waals surface area contributed by atoms with Crippen LogP contribution in [0.5, 0.6) is 0 Å². The summed E-state index contributed by atoms with van der Waals surface area (Å²) < 4.78 is 0. The van der Waals surface area contributed by atoms with E-state index in [1.165, 1.54) is 12.2 Å². The number of benzene rings is 1. The van der Waals surface area contributed by atoms with E-state index in [4.69, 9.17) is 0 Å². The average molecular weight is 451 g/mol. The van der Waals surface area contributed by atoms with Gasteiger partial charge in [0.2, 0.25) is 0 Å². The lowest BCUT2D eigenvalue weighted by Gasteiger charge is -2.15. The summed E-state index contributed by atoms with van der Waals surface area (Å²) in [6, 6.07) is 10.1. The molecule has 1 aromatic carbocycles. The van der Waals surface area contributed by atoms with Gasteiger partial charge in [0, 0.05) is 19.0 Å². The zero-order chi connectivity index (χ0) is 16.0. The number of nitrogens with one attached hydrogen (secondary N) is 2. The van der Waals surface area contributed by atoms with Crippen LogP contribution in [-0.4, -0.2) is 49.3 Å². The maximum absolute atomic E-state index is 9.58. The molecule has 0 aromatic heterocycles. The number of hydrogen-bond donors (Lipinski definition) is 3. The summed E-state index contributed by atoms with van der Waals surface area (Å²) in [6.07, 6.45) is 4.50. The highest BCUT2D eigenvalue weighted by Crippen LogP contribution is 2.14. The molecule has 0 aliphatic heterocycles. The average Bonchev–Trinajstić information content (AvgIpc) is 2.56. The smallest absolute Gasteiger partial charge is 0.191 e. The fourth-order valence-electron chi connectivity index (χ4n) is 2.12. The Morgan fingerprint density at radius 1 is 1.22 bits per heavy atom. The lowest BCUT2D eigenvalue weighted by Crippen LogP contribution is -2.38. The van der Waals surface area contributed by atoms with Crippen LogP contribution in [0.15, 0.2) is 35.3 Å². The third-order valence-corrected chi connectivity index (χ3v) is 4.07. The lowest BCUT2D eigenvalue weighted by molar-refractivity contribution is 0.268. The maximum Gasteiger partial charge on any atom is 0.191 e. The third-order valence-electron chi connectivity index (χ3n) is 3.37. The van der Waals surface area contributed by atoms with Crippen molar-refractivity contribution < 1.29 is 5.11 Å². The van der Waals surface area contributed by atoms with Gasteiger partial charge < -0.3 is 15.7 Å². The van der Waals surface area contributed by atoms with Crippen molar-refractivity contribution >= 4 is 41.7 Å². The van der Waals surface area contributed by atoms with E-state index in [0.717, 1.165) is 31.0 Å². The van der Waals surface area contributed by atoms with E-state index in [0.29, 0.717) is 6.54 Å². The normalized spacial score (nSPS) is 12.4. The number of hydrogen-bond acceptors (Lipinski definition) is 3. The Morgan fingerprint density at radius 3 is 2.57 bits per heavy atom. The molecule has 132 valence electrons. The predicted molar refractivity (Wildman–Crippen MR) is 113 cm³/mol. The monoisotopic (exact) mass is 451 g/mol. The van der Waals surface area contributed by atoms with Crippen LogP contribution >= 0.6 is 35.7 Å². The number of halogens is 1. The Morgan fingerprint density at radius 2 is 1.96 bits per heavy atom. The van der Waals surface area contributed by atoms with Gasteiger partial charge in [-0.25, -0.2) is 0 Å². The predicted octanol–water partition coefficient (Wildman–Crippen LogP) is 3.08. The van der Waals surface area contributed by atoms with Crippen molar-refractivity contribution in [2.24, 2.45) is 4.99 Å². The Hall–Kier alpha value is -0.470. The van der Waals surface area contributed by atoms with Crippen LogP contribution in [0, 0.1) is 0 Å². The van der Waals surface area contributed by atoms with Crippen molar-refractivity contribution in [3.05, 3.63) is 35.9 Å². The van der Waals surface area contributed by atoms with Crippen molar-refractivity contribution in [3.8, 4) is 0 Å². The van der Waals surface area contributed by atoms with Crippen molar-refractivity contribution in [1.82, 2.24) is 10.6 Å². The van der Waals surface area contributed by atoms with Gasteiger partial charge in [-0.05, 0) is 37.3 Å². The van der Waals surface area contributed by atoms with Crippen LogP contribution in [0.4, 0.5) is 0 Å². The molecule has 4 nitrogen and oxygen atoms in total. The summed E-state index contributed by atoms with van der Waals surface area (Å²) in [4.78, 5) is 4.61. The zero-order valence-electron chi connectivity index (χ0n) is 14.1. The minimum Gasteiger partial charge on any atom is -0.396 e. The number of rotatable bonds is 10. The van der Waals surface area contributed by atoms with E-state index in [-0.39, 0.29) is 36.5 Å². The molecule has 0 saturated heterocycles. The van der Waals surface area contributed by atoms with Crippen LogP contribution < -0.4 is 10.6 Å². The third kappa shape index (κ3) is 10.1. The molecule has 1 rings (SSSR count). The van der Waals surface area contributed by atoms with E-state index < -0.39 is 0 Å². The van der Waals surface area contributed by atoms with Gasteiger partial charge >= 0.3 is 0 Å². The van der Waals surface area contributed by atoms with Gasteiger partial charge in [-0.15, -0.1) is 24.0 Å². The first kappa shape index (κ1) is 22.5. The molecule has 0 radical (unpaired) electrons. The molecule has 1 aromatic rings. The van der Waals surface area contributed by atoms with Crippen LogP contribution in [-0.2, 0) is 0 Å². The van der Waals surface area contributed by atoms with Gasteiger partial charge in [-0.1, -0.05) is 30.3 Å². The first-order valence-corrected chi connectivity index (χ1v) is 9.38. The number of aliphatic imine (C=N–C) groups is 1. The van der Waals surface area contributed by atoms with E-state index in [1.54, 1.807) is 0 Å². The molecule has 0 aliphatic rings. The van der Waals surface area contributed by atoms with Crippen LogP contribution in [0.1, 0.15) is 31.2 Å². The summed E-state index contributed by atoms with van der Waals surface area (Å²) in [6.45, 7) is 4.53. The maximum atomic E-state index is 9.58. The fraction of sp³-hybridized carbons (Fsp3) is 0.588.